The van der Waals surface area contributed by atoms with Gasteiger partial charge in [-0.3, -0.25) is 4.79 Å². The van der Waals surface area contributed by atoms with Gasteiger partial charge in [-0.2, -0.15) is 0 Å². The molecule has 1 atom stereocenters. The van der Waals surface area contributed by atoms with E-state index in [-0.39, 0.29) is 5.91 Å². The number of nitrogens with one attached hydrogen (secondary N) is 1. The number of carbonyl (C=O) groups is 1. The van der Waals surface area contributed by atoms with Crippen molar-refractivity contribution in [1.29, 1.82) is 0 Å². The molecule has 0 aromatic heterocycles. The summed E-state index contributed by atoms with van der Waals surface area (Å²) in [5.74, 6) is 2.13. The number of aryl methyl sites for hydroxylation is 1. The highest BCUT2D eigenvalue weighted by Gasteiger charge is 2.19. The van der Waals surface area contributed by atoms with Crippen LogP contribution in [-0.2, 0) is 24.1 Å². The Bertz CT molecular complexity index is 818. The molecule has 5 nitrogen and oxygen atoms in total. The molecule has 1 unspecified atom stereocenters. The monoisotopic (exact) mass is 383 g/mol. The van der Waals surface area contributed by atoms with E-state index in [0.717, 1.165) is 24.2 Å². The highest BCUT2D eigenvalue weighted by molar-refractivity contribution is 5.80. The first-order valence-corrected chi connectivity index (χ1v) is 9.88. The minimum Gasteiger partial charge on any atom is -0.493 e. The maximum Gasteiger partial charge on any atom is 0.260 e. The lowest BCUT2D eigenvalue weighted by Gasteiger charge is -2.22. The number of methoxy groups -OCH3 is 2. The van der Waals surface area contributed by atoms with Crippen LogP contribution >= 0.6 is 0 Å². The molecular weight excluding hydrogens is 354 g/mol. The van der Waals surface area contributed by atoms with Crippen LogP contribution in [-0.4, -0.2) is 32.8 Å². The van der Waals surface area contributed by atoms with E-state index in [1.54, 1.807) is 21.1 Å². The van der Waals surface area contributed by atoms with E-state index < -0.39 is 6.10 Å². The zero-order valence-electron chi connectivity index (χ0n) is 16.9. The fraction of sp³-hybridized carbons (Fsp3) is 0.435. The van der Waals surface area contributed by atoms with E-state index in [1.165, 1.54) is 24.0 Å². The predicted octanol–water partition coefficient (Wildman–Crippen LogP) is 3.71. The summed E-state index contributed by atoms with van der Waals surface area (Å²) in [6, 6.07) is 11.9. The van der Waals surface area contributed by atoms with E-state index in [1.807, 2.05) is 30.3 Å². The van der Waals surface area contributed by atoms with Crippen molar-refractivity contribution in [1.82, 2.24) is 5.32 Å². The third-order valence-corrected chi connectivity index (χ3v) is 5.19. The van der Waals surface area contributed by atoms with Crippen molar-refractivity contribution in [3.05, 3.63) is 53.1 Å². The molecule has 0 fully saturated rings. The number of hydrogen-bond acceptors (Lipinski definition) is 4. The largest absolute Gasteiger partial charge is 0.493 e. The van der Waals surface area contributed by atoms with Crippen LogP contribution in [0.15, 0.2) is 36.4 Å². The third-order valence-electron chi connectivity index (χ3n) is 5.19. The first-order chi connectivity index (χ1) is 13.6. The molecule has 5 heteroatoms. The maximum absolute atomic E-state index is 12.4. The van der Waals surface area contributed by atoms with Gasteiger partial charge in [-0.05, 0) is 73.9 Å². The smallest absolute Gasteiger partial charge is 0.260 e. The van der Waals surface area contributed by atoms with Gasteiger partial charge in [0.05, 0.1) is 14.2 Å². The lowest BCUT2D eigenvalue weighted by Crippen LogP contribution is -2.37. The van der Waals surface area contributed by atoms with Gasteiger partial charge >= 0.3 is 0 Å². The van der Waals surface area contributed by atoms with E-state index in [2.05, 4.69) is 11.4 Å². The average Bonchev–Trinajstić information content (AvgIpc) is 2.73. The van der Waals surface area contributed by atoms with E-state index in [0.29, 0.717) is 24.5 Å². The van der Waals surface area contributed by atoms with Gasteiger partial charge in [0.2, 0.25) is 0 Å². The van der Waals surface area contributed by atoms with Gasteiger partial charge < -0.3 is 19.5 Å². The number of fused-ring (bicyclic) bond motifs is 1. The molecule has 28 heavy (non-hydrogen) atoms. The second-order valence-electron chi connectivity index (χ2n) is 7.09. The number of amides is 1. The summed E-state index contributed by atoms with van der Waals surface area (Å²) in [6.07, 6.45) is 4.71. The standard InChI is InChI=1S/C23H29NO4/c1-16(28-20-10-6-8-18-7-4-5-9-19(18)20)23(25)24-14-13-17-11-12-21(26-2)22(15-17)27-3/h6,8,10-12,15-16H,4-5,7,9,13-14H2,1-3H3,(H,24,25). The molecule has 0 spiro atoms. The molecule has 0 radical (unpaired) electrons. The summed E-state index contributed by atoms with van der Waals surface area (Å²) in [4.78, 5) is 12.4. The van der Waals surface area contributed by atoms with Gasteiger partial charge in [0, 0.05) is 6.54 Å². The van der Waals surface area contributed by atoms with Gasteiger partial charge in [0.25, 0.3) is 5.91 Å². The van der Waals surface area contributed by atoms with E-state index >= 15 is 0 Å². The first-order valence-electron chi connectivity index (χ1n) is 9.88. The summed E-state index contributed by atoms with van der Waals surface area (Å²) in [5.41, 5.74) is 3.69. The lowest BCUT2D eigenvalue weighted by atomic mass is 9.91. The van der Waals surface area contributed by atoms with Gasteiger partial charge in [0.1, 0.15) is 5.75 Å². The van der Waals surface area contributed by atoms with Crippen LogP contribution in [0.25, 0.3) is 0 Å². The number of benzene rings is 2. The Labute approximate surface area is 167 Å². The zero-order chi connectivity index (χ0) is 19.9. The number of hydrogen-bond donors (Lipinski definition) is 1. The van der Waals surface area contributed by atoms with Crippen LogP contribution in [0.1, 0.15) is 36.5 Å². The molecule has 2 aromatic carbocycles. The molecule has 0 bridgehead atoms. The third kappa shape index (κ3) is 4.77. The van der Waals surface area contributed by atoms with Crippen molar-refractivity contribution in [2.45, 2.75) is 45.1 Å². The minimum absolute atomic E-state index is 0.103. The highest BCUT2D eigenvalue weighted by Crippen LogP contribution is 2.30. The lowest BCUT2D eigenvalue weighted by molar-refractivity contribution is -0.127. The van der Waals surface area contributed by atoms with Crippen LogP contribution < -0.4 is 19.5 Å². The van der Waals surface area contributed by atoms with Gasteiger partial charge in [-0.25, -0.2) is 0 Å². The molecule has 0 saturated carbocycles. The number of rotatable bonds is 8. The fourth-order valence-electron chi connectivity index (χ4n) is 3.61. The van der Waals surface area contributed by atoms with Gasteiger partial charge in [-0.15, -0.1) is 0 Å². The molecule has 2 aromatic rings. The second-order valence-corrected chi connectivity index (χ2v) is 7.09. The van der Waals surface area contributed by atoms with E-state index in [9.17, 15) is 4.79 Å². The Morgan fingerprint density at radius 3 is 2.61 bits per heavy atom. The molecule has 0 aliphatic heterocycles. The normalized spacial score (nSPS) is 14.0. The fourth-order valence-corrected chi connectivity index (χ4v) is 3.61. The summed E-state index contributed by atoms with van der Waals surface area (Å²) in [5, 5.41) is 2.96. The molecule has 3 rings (SSSR count). The Kier molecular flexibility index (Phi) is 6.80. The van der Waals surface area contributed by atoms with Crippen molar-refractivity contribution in [3.63, 3.8) is 0 Å². The van der Waals surface area contributed by atoms with Crippen LogP contribution in [0.2, 0.25) is 0 Å². The van der Waals surface area contributed by atoms with E-state index in [4.69, 9.17) is 14.2 Å². The van der Waals surface area contributed by atoms with Crippen LogP contribution in [0.3, 0.4) is 0 Å². The molecular formula is C23H29NO4. The second kappa shape index (κ2) is 9.49. The Hall–Kier alpha value is -2.69. The first kappa shape index (κ1) is 20.1. The topological polar surface area (TPSA) is 56.8 Å². The SMILES string of the molecule is COc1ccc(CCNC(=O)C(C)Oc2cccc3c2CCCC3)cc1OC. The average molecular weight is 383 g/mol. The Balaban J connectivity index is 1.53. The van der Waals surface area contributed by atoms with Gasteiger partial charge in [0.15, 0.2) is 17.6 Å². The molecule has 1 aliphatic rings. The Morgan fingerprint density at radius 1 is 1.04 bits per heavy atom. The zero-order valence-corrected chi connectivity index (χ0v) is 16.9. The molecule has 1 aliphatic carbocycles. The van der Waals surface area contributed by atoms with Crippen molar-refractivity contribution < 1.29 is 19.0 Å². The van der Waals surface area contributed by atoms with Crippen molar-refractivity contribution in [3.8, 4) is 17.2 Å². The van der Waals surface area contributed by atoms with Gasteiger partial charge in [-0.1, -0.05) is 18.2 Å². The summed E-state index contributed by atoms with van der Waals surface area (Å²) >= 11 is 0. The number of carbonyl (C=O) groups excluding carboxylic acids is 1. The molecule has 0 saturated heterocycles. The summed E-state index contributed by atoms with van der Waals surface area (Å²) in [6.45, 7) is 2.34. The van der Waals surface area contributed by atoms with Crippen LogP contribution in [0.4, 0.5) is 0 Å². The quantitative estimate of drug-likeness (QED) is 0.755. The number of ether oxygens (including phenoxy) is 3. The molecule has 1 amide bonds. The maximum atomic E-state index is 12.4. The van der Waals surface area contributed by atoms with Crippen LogP contribution in [0.5, 0.6) is 17.2 Å². The van der Waals surface area contributed by atoms with Crippen LogP contribution in [0, 0.1) is 0 Å². The minimum atomic E-state index is -0.529. The molecule has 0 heterocycles. The molecule has 150 valence electrons. The highest BCUT2D eigenvalue weighted by atomic mass is 16.5. The summed E-state index contributed by atoms with van der Waals surface area (Å²) in [7, 11) is 3.23. The van der Waals surface area contributed by atoms with Crippen molar-refractivity contribution in [2.24, 2.45) is 0 Å². The van der Waals surface area contributed by atoms with Crippen molar-refractivity contribution in [2.75, 3.05) is 20.8 Å². The Morgan fingerprint density at radius 2 is 1.82 bits per heavy atom. The molecule has 1 N–H and O–H groups in total. The summed E-state index contributed by atoms with van der Waals surface area (Å²) < 4.78 is 16.6. The predicted molar refractivity (Wildman–Crippen MR) is 109 cm³/mol. The van der Waals surface area contributed by atoms with Crippen molar-refractivity contribution >= 4 is 5.91 Å².